The van der Waals surface area contributed by atoms with Gasteiger partial charge in [-0.1, -0.05) is 6.07 Å². The van der Waals surface area contributed by atoms with Crippen LogP contribution in [0.4, 0.5) is 0 Å². The SMILES string of the molecule is Oc1cccc2ncc(C3OCCO3)cc12. The van der Waals surface area contributed by atoms with Gasteiger partial charge in [-0.2, -0.15) is 0 Å². The van der Waals surface area contributed by atoms with Crippen molar-refractivity contribution in [3.8, 4) is 5.75 Å². The zero-order valence-electron chi connectivity index (χ0n) is 8.59. The van der Waals surface area contributed by atoms with Gasteiger partial charge in [-0.15, -0.1) is 0 Å². The van der Waals surface area contributed by atoms with Gasteiger partial charge in [0.2, 0.25) is 0 Å². The summed E-state index contributed by atoms with van der Waals surface area (Å²) in [5, 5.41) is 10.4. The van der Waals surface area contributed by atoms with Gasteiger partial charge in [0, 0.05) is 17.1 Å². The van der Waals surface area contributed by atoms with Gasteiger partial charge in [-0.3, -0.25) is 4.98 Å². The molecule has 0 unspecified atom stereocenters. The molecule has 4 nitrogen and oxygen atoms in total. The number of phenolic OH excluding ortho intramolecular Hbond substituents is 1. The highest BCUT2D eigenvalue weighted by atomic mass is 16.7. The molecule has 1 aromatic carbocycles. The Morgan fingerprint density at radius 3 is 2.88 bits per heavy atom. The number of pyridine rings is 1. The smallest absolute Gasteiger partial charge is 0.185 e. The van der Waals surface area contributed by atoms with Crippen LogP contribution in [0.1, 0.15) is 11.9 Å². The largest absolute Gasteiger partial charge is 0.507 e. The van der Waals surface area contributed by atoms with E-state index in [2.05, 4.69) is 4.98 Å². The van der Waals surface area contributed by atoms with Crippen LogP contribution < -0.4 is 0 Å². The highest BCUT2D eigenvalue weighted by Gasteiger charge is 2.19. The molecule has 0 amide bonds. The predicted octanol–water partition coefficient (Wildman–Crippen LogP) is 1.99. The van der Waals surface area contributed by atoms with Crippen molar-refractivity contribution in [2.24, 2.45) is 0 Å². The van der Waals surface area contributed by atoms with Gasteiger partial charge in [-0.05, 0) is 18.2 Å². The fraction of sp³-hybridized carbons (Fsp3) is 0.250. The van der Waals surface area contributed by atoms with Crippen molar-refractivity contribution < 1.29 is 14.6 Å². The van der Waals surface area contributed by atoms with Gasteiger partial charge < -0.3 is 14.6 Å². The molecule has 1 aliphatic rings. The molecule has 1 N–H and O–H groups in total. The van der Waals surface area contributed by atoms with E-state index in [1.807, 2.05) is 12.1 Å². The van der Waals surface area contributed by atoms with Gasteiger partial charge in [0.15, 0.2) is 6.29 Å². The molecule has 0 saturated carbocycles. The van der Waals surface area contributed by atoms with Crippen molar-refractivity contribution in [1.29, 1.82) is 0 Å². The number of benzene rings is 1. The average Bonchev–Trinajstić information content (AvgIpc) is 2.83. The Morgan fingerprint density at radius 2 is 2.06 bits per heavy atom. The Morgan fingerprint density at radius 1 is 1.25 bits per heavy atom. The Kier molecular flexibility index (Phi) is 2.23. The van der Waals surface area contributed by atoms with E-state index < -0.39 is 0 Å². The topological polar surface area (TPSA) is 51.6 Å². The lowest BCUT2D eigenvalue weighted by Gasteiger charge is -2.09. The summed E-state index contributed by atoms with van der Waals surface area (Å²) in [5.41, 5.74) is 1.60. The quantitative estimate of drug-likeness (QED) is 0.793. The van der Waals surface area contributed by atoms with E-state index in [0.29, 0.717) is 13.2 Å². The Labute approximate surface area is 92.4 Å². The average molecular weight is 217 g/mol. The number of rotatable bonds is 1. The molecule has 4 heteroatoms. The summed E-state index contributed by atoms with van der Waals surface area (Å²) in [5.74, 6) is 0.227. The number of fused-ring (bicyclic) bond motifs is 1. The van der Waals surface area contributed by atoms with Crippen LogP contribution in [0.3, 0.4) is 0 Å². The van der Waals surface area contributed by atoms with Crippen LogP contribution in [0.5, 0.6) is 5.75 Å². The van der Waals surface area contributed by atoms with Crippen LogP contribution in [0, 0.1) is 0 Å². The highest BCUT2D eigenvalue weighted by Crippen LogP contribution is 2.28. The van der Waals surface area contributed by atoms with Crippen molar-refractivity contribution in [3.63, 3.8) is 0 Å². The standard InChI is InChI=1S/C12H11NO3/c14-11-3-1-2-10-9(11)6-8(7-13-10)12-15-4-5-16-12/h1-3,6-7,12,14H,4-5H2. The van der Waals surface area contributed by atoms with Crippen molar-refractivity contribution in [2.75, 3.05) is 13.2 Å². The van der Waals surface area contributed by atoms with Gasteiger partial charge in [0.05, 0.1) is 18.7 Å². The fourth-order valence-corrected chi connectivity index (χ4v) is 1.83. The second kappa shape index (κ2) is 3.73. The summed E-state index contributed by atoms with van der Waals surface area (Å²) in [6.45, 7) is 1.20. The first kappa shape index (κ1) is 9.57. The summed E-state index contributed by atoms with van der Waals surface area (Å²) in [6.07, 6.45) is 1.37. The van der Waals surface area contributed by atoms with E-state index in [4.69, 9.17) is 9.47 Å². The van der Waals surface area contributed by atoms with Gasteiger partial charge >= 0.3 is 0 Å². The molecule has 1 aromatic heterocycles. The summed E-state index contributed by atoms with van der Waals surface area (Å²) in [6, 6.07) is 7.12. The number of hydrogen-bond donors (Lipinski definition) is 1. The molecule has 16 heavy (non-hydrogen) atoms. The third-order valence-electron chi connectivity index (χ3n) is 2.62. The Hall–Kier alpha value is -1.65. The van der Waals surface area contributed by atoms with Crippen molar-refractivity contribution in [2.45, 2.75) is 6.29 Å². The second-order valence-corrected chi connectivity index (χ2v) is 3.69. The first-order chi connectivity index (χ1) is 7.84. The normalized spacial score (nSPS) is 17.0. The zero-order chi connectivity index (χ0) is 11.0. The van der Waals surface area contributed by atoms with Crippen LogP contribution in [-0.2, 0) is 9.47 Å². The van der Waals surface area contributed by atoms with Crippen molar-refractivity contribution >= 4 is 10.9 Å². The van der Waals surface area contributed by atoms with Gasteiger partial charge in [0.25, 0.3) is 0 Å². The number of aromatic nitrogens is 1. The molecule has 2 heterocycles. The first-order valence-electron chi connectivity index (χ1n) is 5.15. The van der Waals surface area contributed by atoms with E-state index in [-0.39, 0.29) is 12.0 Å². The lowest BCUT2D eigenvalue weighted by atomic mass is 10.1. The zero-order valence-corrected chi connectivity index (χ0v) is 8.59. The number of hydrogen-bond acceptors (Lipinski definition) is 4. The Balaban J connectivity index is 2.10. The number of ether oxygens (including phenoxy) is 2. The number of nitrogens with zero attached hydrogens (tertiary/aromatic N) is 1. The molecular weight excluding hydrogens is 206 g/mol. The molecule has 2 aromatic rings. The molecule has 3 rings (SSSR count). The molecule has 0 radical (unpaired) electrons. The monoisotopic (exact) mass is 217 g/mol. The lowest BCUT2D eigenvalue weighted by Crippen LogP contribution is -1.98. The molecular formula is C12H11NO3. The second-order valence-electron chi connectivity index (χ2n) is 3.69. The molecule has 1 saturated heterocycles. The van der Waals surface area contributed by atoms with Crippen molar-refractivity contribution in [1.82, 2.24) is 4.98 Å². The summed E-state index contributed by atoms with van der Waals surface area (Å²) in [4.78, 5) is 4.27. The van der Waals surface area contributed by atoms with E-state index in [0.717, 1.165) is 16.5 Å². The van der Waals surface area contributed by atoms with E-state index in [1.54, 1.807) is 18.3 Å². The van der Waals surface area contributed by atoms with Gasteiger partial charge in [0.1, 0.15) is 5.75 Å². The Bertz CT molecular complexity index is 521. The van der Waals surface area contributed by atoms with E-state index in [1.165, 1.54) is 0 Å². The van der Waals surface area contributed by atoms with Crippen LogP contribution in [0.25, 0.3) is 10.9 Å². The summed E-state index contributed by atoms with van der Waals surface area (Å²) in [7, 11) is 0. The van der Waals surface area contributed by atoms with E-state index in [9.17, 15) is 5.11 Å². The number of phenols is 1. The lowest BCUT2D eigenvalue weighted by molar-refractivity contribution is -0.0442. The number of aromatic hydroxyl groups is 1. The van der Waals surface area contributed by atoms with Gasteiger partial charge in [-0.25, -0.2) is 0 Å². The van der Waals surface area contributed by atoms with Crippen LogP contribution >= 0.6 is 0 Å². The first-order valence-corrected chi connectivity index (χ1v) is 5.15. The van der Waals surface area contributed by atoms with Crippen LogP contribution in [0.2, 0.25) is 0 Å². The maximum absolute atomic E-state index is 9.72. The molecule has 0 bridgehead atoms. The molecule has 0 atom stereocenters. The third-order valence-corrected chi connectivity index (χ3v) is 2.62. The maximum atomic E-state index is 9.72. The molecule has 0 spiro atoms. The van der Waals surface area contributed by atoms with Crippen LogP contribution in [-0.4, -0.2) is 23.3 Å². The third kappa shape index (κ3) is 1.52. The molecule has 82 valence electrons. The highest BCUT2D eigenvalue weighted by molar-refractivity contribution is 5.85. The molecule has 1 aliphatic heterocycles. The summed E-state index contributed by atoms with van der Waals surface area (Å²) >= 11 is 0. The molecule has 1 fully saturated rings. The minimum absolute atomic E-state index is 0.227. The molecule has 0 aliphatic carbocycles. The summed E-state index contributed by atoms with van der Waals surface area (Å²) < 4.78 is 10.8. The minimum Gasteiger partial charge on any atom is -0.507 e. The van der Waals surface area contributed by atoms with Crippen LogP contribution in [0.15, 0.2) is 30.5 Å². The fourth-order valence-electron chi connectivity index (χ4n) is 1.83. The predicted molar refractivity (Wildman–Crippen MR) is 58.1 cm³/mol. The minimum atomic E-state index is -0.350. The maximum Gasteiger partial charge on any atom is 0.185 e. The van der Waals surface area contributed by atoms with E-state index >= 15 is 0 Å². The van der Waals surface area contributed by atoms with Crippen molar-refractivity contribution in [3.05, 3.63) is 36.0 Å².